The van der Waals surface area contributed by atoms with Crippen molar-refractivity contribution in [1.29, 1.82) is 0 Å². The summed E-state index contributed by atoms with van der Waals surface area (Å²) in [6, 6.07) is 0. The molecule has 0 unspecified atom stereocenters. The largest absolute Gasteiger partial charge is 0.0744 e. The van der Waals surface area contributed by atoms with Gasteiger partial charge in [-0.05, 0) is 26.2 Å². The predicted octanol–water partition coefficient (Wildman–Crippen LogP) is 2.92. The van der Waals surface area contributed by atoms with Crippen LogP contribution in [0, 0.1) is 5.92 Å². The highest BCUT2D eigenvalue weighted by molar-refractivity contribution is 5.35. The third-order valence-electron chi connectivity index (χ3n) is 2.02. The molecule has 50 valence electrons. The Morgan fingerprint density at radius 2 is 1.67 bits per heavy atom. The second kappa shape index (κ2) is 2.38. The summed E-state index contributed by atoms with van der Waals surface area (Å²) in [5.41, 5.74) is 2.92. The standard InChI is InChI=1S/C9H14/c1-4-9-5-7(2)8(3)6-9/h5-6,9H,4H2,1-3H3. The fraction of sp³-hybridized carbons (Fsp3) is 0.556. The van der Waals surface area contributed by atoms with Gasteiger partial charge in [0, 0.05) is 0 Å². The van der Waals surface area contributed by atoms with Gasteiger partial charge in [0.2, 0.25) is 0 Å². The maximum Gasteiger partial charge on any atom is -0.00445 e. The maximum atomic E-state index is 2.34. The van der Waals surface area contributed by atoms with E-state index in [1.54, 1.807) is 0 Å². The molecule has 1 aliphatic carbocycles. The number of allylic oxidation sites excluding steroid dienone is 4. The zero-order valence-electron chi connectivity index (χ0n) is 6.44. The Labute approximate surface area is 57.3 Å². The van der Waals surface area contributed by atoms with Gasteiger partial charge in [-0.15, -0.1) is 0 Å². The molecule has 0 spiro atoms. The van der Waals surface area contributed by atoms with Crippen LogP contribution in [0.1, 0.15) is 27.2 Å². The van der Waals surface area contributed by atoms with E-state index in [2.05, 4.69) is 32.9 Å². The van der Waals surface area contributed by atoms with Gasteiger partial charge in [0.05, 0.1) is 0 Å². The molecular weight excluding hydrogens is 108 g/mol. The van der Waals surface area contributed by atoms with Crippen molar-refractivity contribution in [3.05, 3.63) is 23.3 Å². The van der Waals surface area contributed by atoms with Gasteiger partial charge in [-0.25, -0.2) is 0 Å². The molecule has 0 aromatic carbocycles. The minimum absolute atomic E-state index is 0.727. The normalized spacial score (nSPS) is 19.9. The molecule has 9 heavy (non-hydrogen) atoms. The number of rotatable bonds is 1. The van der Waals surface area contributed by atoms with Gasteiger partial charge in [-0.3, -0.25) is 0 Å². The van der Waals surface area contributed by atoms with E-state index >= 15 is 0 Å². The van der Waals surface area contributed by atoms with Gasteiger partial charge < -0.3 is 0 Å². The molecule has 0 aliphatic heterocycles. The predicted molar refractivity (Wildman–Crippen MR) is 41.3 cm³/mol. The molecule has 0 saturated heterocycles. The number of hydrogen-bond donors (Lipinski definition) is 0. The molecule has 0 bridgehead atoms. The van der Waals surface area contributed by atoms with Crippen molar-refractivity contribution in [2.45, 2.75) is 27.2 Å². The lowest BCUT2D eigenvalue weighted by atomic mass is 10.1. The molecule has 0 N–H and O–H groups in total. The zero-order valence-corrected chi connectivity index (χ0v) is 6.44. The van der Waals surface area contributed by atoms with E-state index in [0.717, 1.165) is 5.92 Å². The van der Waals surface area contributed by atoms with Crippen molar-refractivity contribution >= 4 is 0 Å². The third-order valence-corrected chi connectivity index (χ3v) is 2.02. The van der Waals surface area contributed by atoms with Gasteiger partial charge in [0.1, 0.15) is 0 Å². The van der Waals surface area contributed by atoms with Crippen LogP contribution in [0.2, 0.25) is 0 Å². The highest BCUT2D eigenvalue weighted by Gasteiger charge is 2.07. The second-order valence-electron chi connectivity index (χ2n) is 2.77. The molecule has 0 atom stereocenters. The van der Waals surface area contributed by atoms with Crippen LogP contribution in [-0.2, 0) is 0 Å². The average molecular weight is 122 g/mol. The Morgan fingerprint density at radius 3 is 1.89 bits per heavy atom. The molecule has 0 fully saturated rings. The van der Waals surface area contributed by atoms with E-state index in [1.165, 1.54) is 17.6 Å². The first-order chi connectivity index (χ1) is 4.24. The van der Waals surface area contributed by atoms with Crippen molar-refractivity contribution < 1.29 is 0 Å². The fourth-order valence-electron chi connectivity index (χ4n) is 1.19. The highest BCUT2D eigenvalue weighted by atomic mass is 14.1. The maximum absolute atomic E-state index is 2.34. The van der Waals surface area contributed by atoms with Crippen molar-refractivity contribution in [3.8, 4) is 0 Å². The van der Waals surface area contributed by atoms with E-state index in [-0.39, 0.29) is 0 Å². The molecule has 0 saturated carbocycles. The van der Waals surface area contributed by atoms with E-state index < -0.39 is 0 Å². The summed E-state index contributed by atoms with van der Waals surface area (Å²) in [7, 11) is 0. The summed E-state index contributed by atoms with van der Waals surface area (Å²) in [5, 5.41) is 0. The van der Waals surface area contributed by atoms with Crippen molar-refractivity contribution in [3.63, 3.8) is 0 Å². The summed E-state index contributed by atoms with van der Waals surface area (Å²) in [6.07, 6.45) is 5.93. The fourth-order valence-corrected chi connectivity index (χ4v) is 1.19. The first-order valence-electron chi connectivity index (χ1n) is 3.61. The summed E-state index contributed by atoms with van der Waals surface area (Å²) >= 11 is 0. The van der Waals surface area contributed by atoms with Crippen molar-refractivity contribution in [1.82, 2.24) is 0 Å². The first kappa shape index (κ1) is 6.60. The summed E-state index contributed by atoms with van der Waals surface area (Å²) < 4.78 is 0. The summed E-state index contributed by atoms with van der Waals surface area (Å²) in [5.74, 6) is 0.727. The van der Waals surface area contributed by atoms with Gasteiger partial charge >= 0.3 is 0 Å². The highest BCUT2D eigenvalue weighted by Crippen LogP contribution is 2.24. The molecule has 0 aromatic rings. The molecule has 1 aliphatic rings. The van der Waals surface area contributed by atoms with Crippen LogP contribution in [0.5, 0.6) is 0 Å². The van der Waals surface area contributed by atoms with Crippen LogP contribution in [-0.4, -0.2) is 0 Å². The minimum Gasteiger partial charge on any atom is -0.0744 e. The third kappa shape index (κ3) is 1.24. The van der Waals surface area contributed by atoms with E-state index in [4.69, 9.17) is 0 Å². The number of hydrogen-bond acceptors (Lipinski definition) is 0. The summed E-state index contributed by atoms with van der Waals surface area (Å²) in [6.45, 7) is 6.59. The van der Waals surface area contributed by atoms with Crippen LogP contribution >= 0.6 is 0 Å². The molecule has 0 radical (unpaired) electrons. The minimum atomic E-state index is 0.727. The molecule has 0 heteroatoms. The lowest BCUT2D eigenvalue weighted by molar-refractivity contribution is 0.781. The van der Waals surface area contributed by atoms with Crippen LogP contribution in [0.15, 0.2) is 23.3 Å². The van der Waals surface area contributed by atoms with Crippen LogP contribution in [0.3, 0.4) is 0 Å². The van der Waals surface area contributed by atoms with Crippen molar-refractivity contribution in [2.75, 3.05) is 0 Å². The molecule has 0 nitrogen and oxygen atoms in total. The first-order valence-corrected chi connectivity index (χ1v) is 3.61. The molecule has 0 amide bonds. The van der Waals surface area contributed by atoms with Gasteiger partial charge in [-0.1, -0.05) is 30.2 Å². The Balaban J connectivity index is 2.70. The Bertz CT molecular complexity index is 143. The Hall–Kier alpha value is -0.520. The van der Waals surface area contributed by atoms with E-state index in [9.17, 15) is 0 Å². The second-order valence-corrected chi connectivity index (χ2v) is 2.77. The monoisotopic (exact) mass is 122 g/mol. The Morgan fingerprint density at radius 1 is 1.22 bits per heavy atom. The SMILES string of the molecule is CCC1C=C(C)C(C)=C1. The molecule has 1 rings (SSSR count). The van der Waals surface area contributed by atoms with Crippen LogP contribution in [0.4, 0.5) is 0 Å². The Kier molecular flexibility index (Phi) is 1.75. The lowest BCUT2D eigenvalue weighted by Gasteiger charge is -1.94. The smallest absolute Gasteiger partial charge is 0.00445 e. The van der Waals surface area contributed by atoms with Crippen LogP contribution < -0.4 is 0 Å². The average Bonchev–Trinajstić information content (AvgIpc) is 2.13. The molecule has 0 heterocycles. The quantitative estimate of drug-likeness (QED) is 0.501. The summed E-state index contributed by atoms with van der Waals surface area (Å²) in [4.78, 5) is 0. The van der Waals surface area contributed by atoms with Gasteiger partial charge in [-0.2, -0.15) is 0 Å². The zero-order chi connectivity index (χ0) is 6.85. The lowest BCUT2D eigenvalue weighted by Crippen LogP contribution is -1.82. The topological polar surface area (TPSA) is 0 Å². The van der Waals surface area contributed by atoms with Crippen LogP contribution in [0.25, 0.3) is 0 Å². The van der Waals surface area contributed by atoms with E-state index in [1.807, 2.05) is 0 Å². The molecular formula is C9H14. The molecule has 0 aromatic heterocycles. The van der Waals surface area contributed by atoms with E-state index in [0.29, 0.717) is 0 Å². The van der Waals surface area contributed by atoms with Crippen molar-refractivity contribution in [2.24, 2.45) is 5.92 Å². The van der Waals surface area contributed by atoms with Gasteiger partial charge in [0.15, 0.2) is 0 Å². The van der Waals surface area contributed by atoms with Gasteiger partial charge in [0.25, 0.3) is 0 Å².